The van der Waals surface area contributed by atoms with E-state index in [0.29, 0.717) is 0 Å². The molecule has 0 radical (unpaired) electrons. The average Bonchev–Trinajstić information content (AvgIpc) is 2.35. The summed E-state index contributed by atoms with van der Waals surface area (Å²) in [5.41, 5.74) is 7.80. The molecule has 0 fully saturated rings. The monoisotopic (exact) mass is 416 g/mol. The van der Waals surface area contributed by atoms with E-state index in [1.54, 1.807) is 27.7 Å². The van der Waals surface area contributed by atoms with Gasteiger partial charge in [-0.25, -0.2) is 20.1 Å². The Balaban J connectivity index is 4.22. The zero-order chi connectivity index (χ0) is 20.8. The maximum absolute atomic E-state index is 11.9. The van der Waals surface area contributed by atoms with Crippen LogP contribution in [0.4, 0.5) is 0 Å². The number of carbonyl (C=O) groups excluding carboxylic acids is 2. The predicted molar refractivity (Wildman–Crippen MR) is 96.1 cm³/mol. The third-order valence-electron chi connectivity index (χ3n) is 3.45. The highest BCUT2D eigenvalue weighted by atomic mass is 31.2. The predicted octanol–water partition coefficient (Wildman–Crippen LogP) is 2.17. The molecule has 0 bridgehead atoms. The average molecular weight is 416 g/mol. The molecular formula is C14H30N2O8P2. The van der Waals surface area contributed by atoms with Crippen molar-refractivity contribution in [1.82, 2.24) is 0 Å². The minimum absolute atomic E-state index is 0.0327. The number of ketones is 2. The second kappa shape index (κ2) is 9.66. The van der Waals surface area contributed by atoms with Crippen molar-refractivity contribution in [3.63, 3.8) is 0 Å². The number of Topliss-reactive ketones (excluding diaryl/α,β-unsaturated/α-hetero) is 2. The number of carbonyl (C=O) groups is 2. The molecule has 2 atom stereocenters. The highest BCUT2D eigenvalue weighted by Gasteiger charge is 2.29. The van der Waals surface area contributed by atoms with Crippen LogP contribution in [0.3, 0.4) is 0 Å². The summed E-state index contributed by atoms with van der Waals surface area (Å²) in [6.45, 7) is 6.17. The van der Waals surface area contributed by atoms with Gasteiger partial charge in [0.2, 0.25) is 0 Å². The molecule has 0 saturated heterocycles. The first-order valence-electron chi connectivity index (χ1n) is 8.08. The van der Waals surface area contributed by atoms with Gasteiger partial charge < -0.3 is 9.79 Å². The van der Waals surface area contributed by atoms with Crippen LogP contribution in [-0.2, 0) is 27.8 Å². The smallest absolute Gasteiger partial charge is 0.313 e. The zero-order valence-corrected chi connectivity index (χ0v) is 17.4. The van der Waals surface area contributed by atoms with Gasteiger partial charge >= 0.3 is 15.5 Å². The Hall–Kier alpha value is -0.440. The molecule has 0 aromatic heterocycles. The molecular weight excluding hydrogens is 386 g/mol. The van der Waals surface area contributed by atoms with Crippen molar-refractivity contribution in [2.24, 2.45) is 11.0 Å². The molecule has 0 heterocycles. The van der Waals surface area contributed by atoms with Crippen molar-refractivity contribution in [2.75, 3.05) is 0 Å². The van der Waals surface area contributed by atoms with Gasteiger partial charge in [-0.1, -0.05) is 0 Å². The van der Waals surface area contributed by atoms with E-state index in [-0.39, 0.29) is 50.1 Å². The van der Waals surface area contributed by atoms with Gasteiger partial charge in [0.15, 0.2) is 0 Å². The van der Waals surface area contributed by atoms with Gasteiger partial charge in [-0.05, 0) is 40.5 Å². The lowest BCUT2D eigenvalue weighted by Gasteiger charge is -2.26. The molecule has 0 aromatic rings. The molecule has 0 amide bonds. The van der Waals surface area contributed by atoms with Gasteiger partial charge in [-0.15, -0.1) is 0 Å². The van der Waals surface area contributed by atoms with E-state index in [1.165, 1.54) is 0 Å². The lowest BCUT2D eigenvalue weighted by Crippen LogP contribution is -2.26. The normalized spacial score (nSPS) is 17.4. The largest absolute Gasteiger partial charge is 0.400 e. The van der Waals surface area contributed by atoms with Gasteiger partial charge in [-0.3, -0.25) is 18.6 Å². The van der Waals surface area contributed by atoms with E-state index < -0.39 is 26.7 Å². The van der Waals surface area contributed by atoms with E-state index in [4.69, 9.17) is 29.8 Å². The van der Waals surface area contributed by atoms with Crippen molar-refractivity contribution < 1.29 is 37.6 Å². The minimum atomic E-state index is -4.14. The van der Waals surface area contributed by atoms with Gasteiger partial charge in [-0.2, -0.15) is 0 Å². The maximum Gasteiger partial charge on any atom is 0.400 e. The van der Waals surface area contributed by atoms with Crippen LogP contribution in [0.5, 0.6) is 0 Å². The molecule has 154 valence electrons. The van der Waals surface area contributed by atoms with Crippen molar-refractivity contribution in [3.05, 3.63) is 0 Å². The fourth-order valence-electron chi connectivity index (χ4n) is 2.21. The highest BCUT2D eigenvalue weighted by molar-refractivity contribution is 7.50. The Labute approximate surface area is 153 Å². The number of rotatable bonds is 13. The van der Waals surface area contributed by atoms with Crippen molar-refractivity contribution in [1.29, 1.82) is 0 Å². The summed E-state index contributed by atoms with van der Waals surface area (Å²) >= 11 is 0. The van der Waals surface area contributed by atoms with Crippen molar-refractivity contribution in [2.45, 2.75) is 77.4 Å². The van der Waals surface area contributed by atoms with Crippen LogP contribution < -0.4 is 11.0 Å². The second-order valence-electron chi connectivity index (χ2n) is 7.41. The summed E-state index contributed by atoms with van der Waals surface area (Å²) in [6, 6.07) is 0. The first kappa shape index (κ1) is 25.6. The summed E-state index contributed by atoms with van der Waals surface area (Å²) in [6.07, 6.45) is 0.595. The van der Waals surface area contributed by atoms with Crippen LogP contribution in [0.25, 0.3) is 0 Å². The van der Waals surface area contributed by atoms with Crippen LogP contribution >= 0.6 is 15.5 Å². The lowest BCUT2D eigenvalue weighted by molar-refractivity contribution is -0.125. The quantitative estimate of drug-likeness (QED) is 0.325. The van der Waals surface area contributed by atoms with Crippen LogP contribution in [0.1, 0.15) is 66.2 Å². The van der Waals surface area contributed by atoms with E-state index >= 15 is 0 Å². The summed E-state index contributed by atoms with van der Waals surface area (Å²) in [4.78, 5) is 41.8. The Morgan fingerprint density at radius 1 is 0.769 bits per heavy atom. The summed E-state index contributed by atoms with van der Waals surface area (Å²) < 4.78 is 31.8. The fraction of sp³-hybridized carbons (Fsp3) is 0.857. The molecule has 0 rings (SSSR count). The molecule has 0 aliphatic carbocycles. The summed E-state index contributed by atoms with van der Waals surface area (Å²) in [5, 5.41) is 0. The van der Waals surface area contributed by atoms with Crippen LogP contribution in [-0.4, -0.2) is 32.6 Å². The van der Waals surface area contributed by atoms with Gasteiger partial charge in [0.1, 0.15) is 11.6 Å². The third kappa shape index (κ3) is 14.7. The molecule has 6 N–H and O–H groups in total. The molecule has 2 unspecified atom stereocenters. The standard InChI is InChI=1S/C14H30N2O8P2/c1-13(2,23-25(15,19)20)9-7-11(17)5-6-12(18)8-10-14(3,4)24-26(16,21)22/h5-10H2,1-4H3,(H3,15,19,20)(H3,16,21,22). The van der Waals surface area contributed by atoms with Gasteiger partial charge in [0, 0.05) is 25.7 Å². The van der Waals surface area contributed by atoms with Gasteiger partial charge in [0.25, 0.3) is 0 Å². The molecule has 0 saturated carbocycles. The van der Waals surface area contributed by atoms with Gasteiger partial charge in [0.05, 0.1) is 11.2 Å². The summed E-state index contributed by atoms with van der Waals surface area (Å²) in [7, 11) is -8.28. The lowest BCUT2D eigenvalue weighted by atomic mass is 9.96. The van der Waals surface area contributed by atoms with E-state index in [9.17, 15) is 18.7 Å². The van der Waals surface area contributed by atoms with E-state index in [0.717, 1.165) is 0 Å². The number of hydrogen-bond acceptors (Lipinski definition) is 6. The van der Waals surface area contributed by atoms with Crippen molar-refractivity contribution >= 4 is 27.1 Å². The Morgan fingerprint density at radius 2 is 1.04 bits per heavy atom. The number of hydrogen-bond donors (Lipinski definition) is 4. The third-order valence-corrected chi connectivity index (χ3v) is 4.96. The van der Waals surface area contributed by atoms with Crippen molar-refractivity contribution in [3.8, 4) is 0 Å². The molecule has 10 nitrogen and oxygen atoms in total. The molecule has 0 spiro atoms. The molecule has 0 aliphatic rings. The minimum Gasteiger partial charge on any atom is -0.313 e. The van der Waals surface area contributed by atoms with Crippen LogP contribution in [0.15, 0.2) is 0 Å². The Bertz CT molecular complexity index is 542. The van der Waals surface area contributed by atoms with E-state index in [2.05, 4.69) is 0 Å². The molecule has 0 aliphatic heterocycles. The fourth-order valence-corrected chi connectivity index (χ4v) is 3.81. The molecule has 26 heavy (non-hydrogen) atoms. The molecule has 0 aromatic carbocycles. The van der Waals surface area contributed by atoms with E-state index in [1.807, 2.05) is 0 Å². The molecule has 12 heteroatoms. The second-order valence-corrected chi connectivity index (χ2v) is 10.0. The van der Waals surface area contributed by atoms with Crippen LogP contribution in [0.2, 0.25) is 0 Å². The first-order chi connectivity index (χ1) is 11.4. The first-order valence-corrected chi connectivity index (χ1v) is 11.4. The maximum atomic E-state index is 11.9. The highest BCUT2D eigenvalue weighted by Crippen LogP contribution is 2.40. The zero-order valence-electron chi connectivity index (χ0n) is 15.6. The Morgan fingerprint density at radius 3 is 1.27 bits per heavy atom. The SMILES string of the molecule is CC(C)(CCC(=O)CCC(=O)CCC(C)(C)OP(N)(=O)O)OP(N)(=O)O. The van der Waals surface area contributed by atoms with Crippen LogP contribution in [0, 0.1) is 0 Å². The summed E-state index contributed by atoms with van der Waals surface area (Å²) in [5.74, 6) is -0.366. The topological polar surface area (TPSA) is 179 Å². The Kier molecular flexibility index (Phi) is 9.50. The number of nitrogens with two attached hydrogens (primary N) is 2.